The number of anilines is 2. The first kappa shape index (κ1) is 24.1. The zero-order valence-electron chi connectivity index (χ0n) is 17.9. The van der Waals surface area contributed by atoms with Crippen molar-refractivity contribution in [3.63, 3.8) is 0 Å². The monoisotopic (exact) mass is 520 g/mol. The lowest BCUT2D eigenvalue weighted by Crippen LogP contribution is -2.49. The molecule has 2 heterocycles. The number of nitrogens with one attached hydrogen (secondary N) is 4. The molecule has 0 bridgehead atoms. The SMILES string of the molecule is N=C(NCCN1CCNC(=O)C1)c1c(O)nsc1Nc1ccc(Oc2cc(Cl)ccc2Cl)cc1. The van der Waals surface area contributed by atoms with Gasteiger partial charge >= 0.3 is 0 Å². The Morgan fingerprint density at radius 2 is 2.06 bits per heavy atom. The van der Waals surface area contributed by atoms with Crippen molar-refractivity contribution in [3.8, 4) is 17.4 Å². The van der Waals surface area contributed by atoms with E-state index in [1.807, 2.05) is 4.90 Å². The molecule has 0 aliphatic carbocycles. The van der Waals surface area contributed by atoms with E-state index in [2.05, 4.69) is 20.3 Å². The Labute approximate surface area is 210 Å². The summed E-state index contributed by atoms with van der Waals surface area (Å²) in [6.45, 7) is 2.79. The highest BCUT2D eigenvalue weighted by molar-refractivity contribution is 7.11. The summed E-state index contributed by atoms with van der Waals surface area (Å²) in [7, 11) is 0. The third kappa shape index (κ3) is 6.09. The summed E-state index contributed by atoms with van der Waals surface area (Å²) in [5.74, 6) is 0.848. The van der Waals surface area contributed by atoms with Gasteiger partial charge in [0.2, 0.25) is 11.8 Å². The normalized spacial score (nSPS) is 13.9. The summed E-state index contributed by atoms with van der Waals surface area (Å²) < 4.78 is 9.77. The van der Waals surface area contributed by atoms with Crippen molar-refractivity contribution in [1.29, 1.82) is 5.41 Å². The van der Waals surface area contributed by atoms with Gasteiger partial charge in [-0.3, -0.25) is 15.1 Å². The first-order chi connectivity index (χ1) is 16.4. The summed E-state index contributed by atoms with van der Waals surface area (Å²) in [6.07, 6.45) is 0. The Kier molecular flexibility index (Phi) is 7.73. The second kappa shape index (κ2) is 10.9. The summed E-state index contributed by atoms with van der Waals surface area (Å²) in [6, 6.07) is 12.1. The highest BCUT2D eigenvalue weighted by Crippen LogP contribution is 2.34. The van der Waals surface area contributed by atoms with Crippen LogP contribution < -0.4 is 20.7 Å². The molecule has 1 aliphatic heterocycles. The van der Waals surface area contributed by atoms with Crippen LogP contribution in [0, 0.1) is 5.41 Å². The van der Waals surface area contributed by atoms with E-state index in [1.165, 1.54) is 0 Å². The van der Waals surface area contributed by atoms with E-state index in [1.54, 1.807) is 42.5 Å². The minimum absolute atomic E-state index is 0.000394. The molecule has 0 saturated carbocycles. The minimum atomic E-state index is -0.224. The molecule has 0 radical (unpaired) electrons. The minimum Gasteiger partial charge on any atom is -0.492 e. The zero-order valence-corrected chi connectivity index (χ0v) is 20.2. The van der Waals surface area contributed by atoms with Gasteiger partial charge in [0.05, 0.1) is 11.6 Å². The van der Waals surface area contributed by atoms with Crippen molar-refractivity contribution >= 4 is 57.2 Å². The molecule has 1 amide bonds. The average Bonchev–Trinajstić information content (AvgIpc) is 3.17. The Morgan fingerprint density at radius 1 is 1.26 bits per heavy atom. The number of piperazine rings is 1. The van der Waals surface area contributed by atoms with E-state index >= 15 is 0 Å². The fraction of sp³-hybridized carbons (Fsp3) is 0.227. The highest BCUT2D eigenvalue weighted by atomic mass is 35.5. The number of aromatic hydroxyl groups is 1. The molecule has 3 aromatic rings. The number of ether oxygens (including phenoxy) is 1. The van der Waals surface area contributed by atoms with Gasteiger partial charge in [0.25, 0.3) is 0 Å². The predicted octanol–water partition coefficient (Wildman–Crippen LogP) is 4.04. The number of carbonyl (C=O) groups excluding carboxylic acids is 1. The van der Waals surface area contributed by atoms with Crippen molar-refractivity contribution < 1.29 is 14.6 Å². The summed E-state index contributed by atoms with van der Waals surface area (Å²) in [4.78, 5) is 13.5. The van der Waals surface area contributed by atoms with Gasteiger partial charge in [0, 0.05) is 43.0 Å². The Morgan fingerprint density at radius 3 is 2.82 bits per heavy atom. The second-order valence-electron chi connectivity index (χ2n) is 7.46. The molecular formula is C22H22Cl2N6O3S. The number of amidine groups is 1. The van der Waals surface area contributed by atoms with Crippen LogP contribution in [-0.2, 0) is 4.79 Å². The number of amides is 1. The van der Waals surface area contributed by atoms with Crippen molar-refractivity contribution in [2.45, 2.75) is 0 Å². The fourth-order valence-electron chi connectivity index (χ4n) is 3.32. The molecule has 1 fully saturated rings. The molecule has 0 atom stereocenters. The number of hydrogen-bond donors (Lipinski definition) is 5. The first-order valence-electron chi connectivity index (χ1n) is 10.4. The van der Waals surface area contributed by atoms with Crippen molar-refractivity contribution in [2.24, 2.45) is 0 Å². The van der Waals surface area contributed by atoms with Crippen LogP contribution >= 0.6 is 34.7 Å². The van der Waals surface area contributed by atoms with Gasteiger partial charge in [0.1, 0.15) is 27.9 Å². The van der Waals surface area contributed by atoms with E-state index < -0.39 is 0 Å². The highest BCUT2D eigenvalue weighted by Gasteiger charge is 2.19. The van der Waals surface area contributed by atoms with Gasteiger partial charge in [-0.05, 0) is 47.9 Å². The number of nitrogens with zero attached hydrogens (tertiary/aromatic N) is 2. The van der Waals surface area contributed by atoms with Crippen LogP contribution in [0.1, 0.15) is 5.56 Å². The average molecular weight is 521 g/mol. The Balaban J connectivity index is 1.36. The third-order valence-corrected chi connectivity index (χ3v) is 6.30. The van der Waals surface area contributed by atoms with Gasteiger partial charge in [0.15, 0.2) is 0 Å². The molecule has 34 heavy (non-hydrogen) atoms. The number of benzene rings is 2. The number of rotatable bonds is 8. The Hall–Kier alpha value is -3.05. The predicted molar refractivity (Wildman–Crippen MR) is 134 cm³/mol. The Bertz CT molecular complexity index is 1190. The van der Waals surface area contributed by atoms with Gasteiger partial charge in [-0.25, -0.2) is 0 Å². The van der Waals surface area contributed by atoms with Crippen molar-refractivity contribution in [1.82, 2.24) is 19.9 Å². The molecule has 1 aromatic heterocycles. The maximum absolute atomic E-state index is 11.5. The molecule has 12 heteroatoms. The van der Waals surface area contributed by atoms with E-state index in [0.29, 0.717) is 52.7 Å². The molecular weight excluding hydrogens is 499 g/mol. The molecule has 5 N–H and O–H groups in total. The molecule has 1 saturated heterocycles. The van der Waals surface area contributed by atoms with Crippen LogP contribution in [0.2, 0.25) is 10.0 Å². The first-order valence-corrected chi connectivity index (χ1v) is 11.9. The number of halogens is 2. The van der Waals surface area contributed by atoms with Crippen LogP contribution in [0.5, 0.6) is 17.4 Å². The van der Waals surface area contributed by atoms with E-state index in [0.717, 1.165) is 23.8 Å². The third-order valence-electron chi connectivity index (χ3n) is 5.00. The van der Waals surface area contributed by atoms with Crippen LogP contribution in [0.15, 0.2) is 42.5 Å². The van der Waals surface area contributed by atoms with Crippen molar-refractivity contribution in [3.05, 3.63) is 58.1 Å². The number of aromatic nitrogens is 1. The molecule has 0 unspecified atom stereocenters. The maximum atomic E-state index is 11.5. The van der Waals surface area contributed by atoms with Gasteiger partial charge in [-0.15, -0.1) is 0 Å². The van der Waals surface area contributed by atoms with E-state index in [9.17, 15) is 9.90 Å². The summed E-state index contributed by atoms with van der Waals surface area (Å²) in [5, 5.41) is 29.0. The molecule has 178 valence electrons. The molecule has 0 spiro atoms. The lowest BCUT2D eigenvalue weighted by atomic mass is 10.2. The topological polar surface area (TPSA) is 123 Å². The molecule has 9 nitrogen and oxygen atoms in total. The molecule has 2 aromatic carbocycles. The number of carbonyl (C=O) groups is 1. The fourth-order valence-corrected chi connectivity index (χ4v) is 4.36. The van der Waals surface area contributed by atoms with Crippen molar-refractivity contribution in [2.75, 3.05) is 38.0 Å². The van der Waals surface area contributed by atoms with Gasteiger partial charge in [-0.1, -0.05) is 23.2 Å². The van der Waals surface area contributed by atoms with Crippen LogP contribution in [0.25, 0.3) is 0 Å². The lowest BCUT2D eigenvalue weighted by molar-refractivity contribution is -0.124. The molecule has 1 aliphatic rings. The largest absolute Gasteiger partial charge is 0.492 e. The van der Waals surface area contributed by atoms with Gasteiger partial charge < -0.3 is 25.8 Å². The van der Waals surface area contributed by atoms with Crippen LogP contribution in [0.3, 0.4) is 0 Å². The smallest absolute Gasteiger partial charge is 0.236 e. The van der Waals surface area contributed by atoms with Crippen LogP contribution in [0.4, 0.5) is 10.7 Å². The molecule has 4 rings (SSSR count). The standard InChI is InChI=1S/C22H22Cl2N6O3S/c23-13-1-6-16(24)17(11-13)33-15-4-2-14(3-5-15)28-22-19(21(32)29-34-22)20(25)27-8-10-30-9-7-26-18(31)12-30/h1-6,11,28H,7-10,12H2,(H2,25,27)(H,26,31)(H,29,32). The van der Waals surface area contributed by atoms with E-state index in [-0.39, 0.29) is 23.2 Å². The van der Waals surface area contributed by atoms with E-state index in [4.69, 9.17) is 33.3 Å². The second-order valence-corrected chi connectivity index (χ2v) is 9.08. The zero-order chi connectivity index (χ0) is 24.1. The lowest BCUT2D eigenvalue weighted by Gasteiger charge is -2.26. The maximum Gasteiger partial charge on any atom is 0.236 e. The summed E-state index contributed by atoms with van der Waals surface area (Å²) >= 11 is 13.2. The van der Waals surface area contributed by atoms with Gasteiger partial charge in [-0.2, -0.15) is 4.37 Å². The summed E-state index contributed by atoms with van der Waals surface area (Å²) in [5.41, 5.74) is 1.01. The quantitative estimate of drug-likeness (QED) is 0.224. The number of hydrogen-bond acceptors (Lipinski definition) is 8. The van der Waals surface area contributed by atoms with Crippen LogP contribution in [-0.4, -0.2) is 58.8 Å².